The Morgan fingerprint density at radius 1 is 1.14 bits per heavy atom. The molecule has 1 amide bonds. The fourth-order valence-electron chi connectivity index (χ4n) is 6.32. The van der Waals surface area contributed by atoms with Gasteiger partial charge in [0, 0.05) is 26.6 Å². The molecule has 258 valence electrons. The molecule has 1 aliphatic carbocycles. The summed E-state index contributed by atoms with van der Waals surface area (Å²) in [5.74, 6) is -1.81. The lowest BCUT2D eigenvalue weighted by atomic mass is 9.77. The lowest BCUT2D eigenvalue weighted by molar-refractivity contribution is -0.168. The van der Waals surface area contributed by atoms with Crippen molar-refractivity contribution in [2.45, 2.75) is 62.7 Å². The number of rotatable bonds is 11. The summed E-state index contributed by atoms with van der Waals surface area (Å²) in [4.78, 5) is 36.1. The van der Waals surface area contributed by atoms with Crippen molar-refractivity contribution in [3.8, 4) is 0 Å². The zero-order valence-corrected chi connectivity index (χ0v) is 27.9. The highest BCUT2D eigenvalue weighted by molar-refractivity contribution is 5.91. The van der Waals surface area contributed by atoms with Crippen LogP contribution in [0, 0.1) is 5.92 Å². The quantitative estimate of drug-likeness (QED) is 0.195. The number of alkyl halides is 1. The molecule has 0 unspecified atom stereocenters. The maximum Gasteiger partial charge on any atom is 0.280 e. The Hall–Kier alpha value is -4.53. The van der Waals surface area contributed by atoms with Crippen molar-refractivity contribution in [1.82, 2.24) is 19.5 Å². The first kappa shape index (κ1) is 34.3. The Kier molecular flexibility index (Phi) is 9.40. The van der Waals surface area contributed by atoms with Crippen LogP contribution in [-0.2, 0) is 29.3 Å². The minimum absolute atomic E-state index is 0.0226. The molecule has 2 aromatic heterocycles. The van der Waals surface area contributed by atoms with E-state index in [1.54, 1.807) is 28.1 Å². The summed E-state index contributed by atoms with van der Waals surface area (Å²) in [6, 6.07) is 19.2. The molecule has 0 saturated carbocycles. The maximum atomic E-state index is 16.6. The number of H-pyrrole nitrogens is 1. The van der Waals surface area contributed by atoms with E-state index >= 15 is 4.39 Å². The van der Waals surface area contributed by atoms with Gasteiger partial charge in [0.15, 0.2) is 28.8 Å². The van der Waals surface area contributed by atoms with E-state index in [1.165, 1.54) is 17.8 Å². The number of hydrogen-bond donors (Lipinski definition) is 3. The van der Waals surface area contributed by atoms with E-state index in [2.05, 4.69) is 20.3 Å². The summed E-state index contributed by atoms with van der Waals surface area (Å²) in [7, 11) is 3.15. The first-order chi connectivity index (χ1) is 23.5. The normalized spacial score (nSPS) is 23.6. The molecule has 2 aliphatic rings. The van der Waals surface area contributed by atoms with Gasteiger partial charge in [0.2, 0.25) is 11.9 Å². The molecule has 0 radical (unpaired) electrons. The van der Waals surface area contributed by atoms with E-state index in [0.29, 0.717) is 6.42 Å². The van der Waals surface area contributed by atoms with Crippen LogP contribution in [0.25, 0.3) is 11.2 Å². The van der Waals surface area contributed by atoms with Crippen molar-refractivity contribution in [3.05, 3.63) is 112 Å². The van der Waals surface area contributed by atoms with Crippen molar-refractivity contribution < 1.29 is 33.2 Å². The lowest BCUT2D eigenvalue weighted by Crippen LogP contribution is -2.43. The molecule has 49 heavy (non-hydrogen) atoms. The number of aliphatic hydroxyl groups is 1. The van der Waals surface area contributed by atoms with E-state index in [1.807, 2.05) is 78.9 Å². The zero-order chi connectivity index (χ0) is 35.0. The van der Waals surface area contributed by atoms with Crippen LogP contribution >= 0.6 is 0 Å². The molecule has 13 heteroatoms. The average molecular weight is 674 g/mol. The van der Waals surface area contributed by atoms with Gasteiger partial charge in [-0.25, -0.2) is 9.37 Å². The number of ether oxygens (including phenoxy) is 4. The summed E-state index contributed by atoms with van der Waals surface area (Å²) < 4.78 is 42.3. The summed E-state index contributed by atoms with van der Waals surface area (Å²) >= 11 is 0. The Bertz CT molecular complexity index is 1880. The number of aromatic nitrogens is 4. The number of halogens is 1. The second-order valence-corrected chi connectivity index (χ2v) is 12.6. The molecule has 3 heterocycles. The zero-order valence-electron chi connectivity index (χ0n) is 27.9. The standard InChI is InChI=1S/C36H40FN5O7/c1-22(2)30(44)40-33-39-29-27(31(45)41-33)38-21-42(29)32-34(3,37)28(43)26(49-32)20-48-36(23-12-8-6-9-13-23,24-14-10-7-11-15-24)25-16-18-35(46-4,47-5)19-17-25/h6-18,21-22,26,28,32,43H,19-20H2,1-5H3,(H2,39,40,41,44,45)/t26-,28-,32-,34-/m1/s1. The number of hydrogen-bond acceptors (Lipinski definition) is 9. The molecular weight excluding hydrogens is 633 g/mol. The van der Waals surface area contributed by atoms with Gasteiger partial charge in [-0.15, -0.1) is 0 Å². The predicted octanol–water partition coefficient (Wildman–Crippen LogP) is 4.54. The Labute approximate surface area is 282 Å². The predicted molar refractivity (Wildman–Crippen MR) is 179 cm³/mol. The molecule has 0 bridgehead atoms. The first-order valence-corrected chi connectivity index (χ1v) is 16.0. The third-order valence-electron chi connectivity index (χ3n) is 9.21. The van der Waals surface area contributed by atoms with Gasteiger partial charge in [0.05, 0.1) is 12.9 Å². The summed E-state index contributed by atoms with van der Waals surface area (Å²) in [6.07, 6.45) is 3.08. The smallest absolute Gasteiger partial charge is 0.280 e. The molecule has 3 N–H and O–H groups in total. The highest BCUT2D eigenvalue weighted by Crippen LogP contribution is 2.47. The van der Waals surface area contributed by atoms with Gasteiger partial charge in [0.1, 0.15) is 17.8 Å². The van der Waals surface area contributed by atoms with Gasteiger partial charge in [-0.3, -0.25) is 24.5 Å². The topological polar surface area (TPSA) is 150 Å². The van der Waals surface area contributed by atoms with Crippen LogP contribution in [0.15, 0.2) is 95.6 Å². The number of methoxy groups -OCH3 is 2. The number of nitrogens with one attached hydrogen (secondary N) is 2. The van der Waals surface area contributed by atoms with Crippen molar-refractivity contribution >= 4 is 23.0 Å². The minimum Gasteiger partial charge on any atom is -0.387 e. The van der Waals surface area contributed by atoms with Gasteiger partial charge in [-0.05, 0) is 29.7 Å². The van der Waals surface area contributed by atoms with Crippen molar-refractivity contribution in [2.75, 3.05) is 26.1 Å². The highest BCUT2D eigenvalue weighted by Gasteiger charge is 2.56. The Morgan fingerprint density at radius 3 is 2.33 bits per heavy atom. The van der Waals surface area contributed by atoms with E-state index < -0.39 is 41.1 Å². The second-order valence-electron chi connectivity index (χ2n) is 12.6. The van der Waals surface area contributed by atoms with E-state index in [0.717, 1.165) is 16.7 Å². The molecule has 0 spiro atoms. The van der Waals surface area contributed by atoms with Gasteiger partial charge in [0.25, 0.3) is 5.56 Å². The number of imidazole rings is 1. The van der Waals surface area contributed by atoms with Crippen LogP contribution in [0.1, 0.15) is 44.5 Å². The third kappa shape index (κ3) is 6.13. The maximum absolute atomic E-state index is 16.6. The summed E-state index contributed by atoms with van der Waals surface area (Å²) in [5, 5.41) is 14.0. The molecule has 12 nitrogen and oxygen atoms in total. The fourth-order valence-corrected chi connectivity index (χ4v) is 6.32. The number of anilines is 1. The Morgan fingerprint density at radius 2 is 1.78 bits per heavy atom. The SMILES string of the molecule is COC1(OC)C=CC(C(OC[C@H]2O[C@@H](n3cnc4c(=O)[nH]c(NC(=O)C(C)C)nc43)[C@](C)(F)[C@@H]2O)(c2ccccc2)c2ccccc2)=CC1. The molecule has 4 aromatic rings. The number of aromatic amines is 1. The van der Waals surface area contributed by atoms with Crippen LogP contribution in [0.5, 0.6) is 0 Å². The number of carbonyl (C=O) groups is 1. The number of amides is 1. The van der Waals surface area contributed by atoms with E-state index in [9.17, 15) is 14.7 Å². The number of fused-ring (bicyclic) bond motifs is 1. The number of carbonyl (C=O) groups excluding carboxylic acids is 1. The van der Waals surface area contributed by atoms with E-state index in [4.69, 9.17) is 18.9 Å². The largest absolute Gasteiger partial charge is 0.387 e. The van der Waals surface area contributed by atoms with E-state index in [-0.39, 0.29) is 35.5 Å². The van der Waals surface area contributed by atoms with Gasteiger partial charge < -0.3 is 24.1 Å². The van der Waals surface area contributed by atoms with Crippen molar-refractivity contribution in [2.24, 2.45) is 5.92 Å². The molecule has 4 atom stereocenters. The lowest BCUT2D eigenvalue weighted by Gasteiger charge is -2.40. The fraction of sp³-hybridized carbons (Fsp3) is 0.389. The second kappa shape index (κ2) is 13.4. The van der Waals surface area contributed by atoms with Crippen molar-refractivity contribution in [1.29, 1.82) is 0 Å². The first-order valence-electron chi connectivity index (χ1n) is 16.0. The molecule has 1 saturated heterocycles. The molecule has 1 aliphatic heterocycles. The number of benzene rings is 2. The van der Waals surface area contributed by atoms with Crippen LogP contribution < -0.4 is 10.9 Å². The molecule has 2 aromatic carbocycles. The monoisotopic (exact) mass is 673 g/mol. The van der Waals surface area contributed by atoms with Crippen LogP contribution in [0.4, 0.5) is 10.3 Å². The van der Waals surface area contributed by atoms with Crippen LogP contribution in [-0.4, -0.2) is 75.0 Å². The summed E-state index contributed by atoms with van der Waals surface area (Å²) in [6.45, 7) is 4.37. The van der Waals surface area contributed by atoms with Crippen molar-refractivity contribution in [3.63, 3.8) is 0 Å². The average Bonchev–Trinajstić information content (AvgIpc) is 3.63. The third-order valence-corrected chi connectivity index (χ3v) is 9.21. The molecule has 6 rings (SSSR count). The number of aliphatic hydroxyl groups excluding tert-OH is 1. The van der Waals surface area contributed by atoms with Gasteiger partial charge in [-0.1, -0.05) is 86.7 Å². The molecular formula is C36H40FN5O7. The van der Waals surface area contributed by atoms with Gasteiger partial charge >= 0.3 is 0 Å². The van der Waals surface area contributed by atoms with Crippen LogP contribution in [0.3, 0.4) is 0 Å². The Balaban J connectivity index is 1.37. The highest BCUT2D eigenvalue weighted by atomic mass is 19.1. The molecule has 1 fully saturated rings. The van der Waals surface area contributed by atoms with Crippen LogP contribution in [0.2, 0.25) is 0 Å². The summed E-state index contributed by atoms with van der Waals surface area (Å²) in [5.41, 5.74) is -1.93. The number of nitrogens with zero attached hydrogens (tertiary/aromatic N) is 3. The minimum atomic E-state index is -2.37. The van der Waals surface area contributed by atoms with Gasteiger partial charge in [-0.2, -0.15) is 4.98 Å².